The second kappa shape index (κ2) is 7.26. The Bertz CT molecular complexity index is 989. The van der Waals surface area contributed by atoms with E-state index in [4.69, 9.17) is 5.73 Å². The lowest BCUT2D eigenvalue weighted by Gasteiger charge is -2.27. The van der Waals surface area contributed by atoms with Crippen LogP contribution in [-0.2, 0) is 4.79 Å². The van der Waals surface area contributed by atoms with Gasteiger partial charge >= 0.3 is 0 Å². The van der Waals surface area contributed by atoms with E-state index in [1.807, 2.05) is 4.90 Å². The number of aromatic nitrogens is 1. The molecule has 28 heavy (non-hydrogen) atoms. The number of nitrogens with two attached hydrogens (primary N) is 1. The first kappa shape index (κ1) is 17.9. The maximum atomic E-state index is 13.1. The number of anilines is 2. The minimum Gasteiger partial charge on any atom is -0.399 e. The molecule has 142 valence electrons. The van der Waals surface area contributed by atoms with Crippen molar-refractivity contribution < 1.29 is 14.4 Å². The number of allylic oxidation sites excluding steroid dienone is 1. The molecule has 3 N–H and O–H groups in total. The Kier molecular flexibility index (Phi) is 4.65. The average molecular weight is 376 g/mol. The Morgan fingerprint density at radius 2 is 1.75 bits per heavy atom. The number of hydrogen-bond acceptors (Lipinski definition) is 6. The molecule has 0 bridgehead atoms. The number of likely N-dealkylation sites (tertiary alicyclic amines) is 1. The third-order valence-corrected chi connectivity index (χ3v) is 5.04. The maximum Gasteiger partial charge on any atom is 0.229 e. The quantitative estimate of drug-likeness (QED) is 0.794. The molecule has 2 heterocycles. The van der Waals surface area contributed by atoms with Crippen LogP contribution >= 0.6 is 0 Å². The Hall–Kier alpha value is -3.48. The molecule has 1 aromatic heterocycles. The summed E-state index contributed by atoms with van der Waals surface area (Å²) in [6, 6.07) is 8.31. The van der Waals surface area contributed by atoms with Gasteiger partial charge < -0.3 is 16.0 Å². The summed E-state index contributed by atoms with van der Waals surface area (Å²) in [7, 11) is 0. The van der Waals surface area contributed by atoms with Crippen LogP contribution in [0.25, 0.3) is 0 Å². The van der Waals surface area contributed by atoms with Gasteiger partial charge in [0.15, 0.2) is 5.78 Å². The molecule has 1 aliphatic heterocycles. The van der Waals surface area contributed by atoms with Crippen LogP contribution in [0.15, 0.2) is 54.0 Å². The number of hydrogen-bond donors (Lipinski definition) is 2. The first-order valence-electron chi connectivity index (χ1n) is 9.21. The van der Waals surface area contributed by atoms with Crippen molar-refractivity contribution in [2.24, 2.45) is 0 Å². The van der Waals surface area contributed by atoms with Gasteiger partial charge in [-0.05, 0) is 43.2 Å². The summed E-state index contributed by atoms with van der Waals surface area (Å²) in [5, 5.41) is 2.76. The molecule has 7 heteroatoms. The highest BCUT2D eigenvalue weighted by molar-refractivity contribution is 6.27. The number of nitrogen functional groups attached to an aromatic ring is 1. The lowest BCUT2D eigenvalue weighted by molar-refractivity contribution is -0.115. The van der Waals surface area contributed by atoms with E-state index in [1.165, 1.54) is 12.4 Å². The summed E-state index contributed by atoms with van der Waals surface area (Å²) in [5.74, 6) is -0.879. The zero-order valence-corrected chi connectivity index (χ0v) is 15.3. The zero-order chi connectivity index (χ0) is 19.7. The van der Waals surface area contributed by atoms with Gasteiger partial charge in [0.25, 0.3) is 0 Å². The van der Waals surface area contributed by atoms with Gasteiger partial charge in [-0.25, -0.2) is 0 Å². The molecule has 2 aromatic rings. The highest BCUT2D eigenvalue weighted by atomic mass is 16.2. The third kappa shape index (κ3) is 3.26. The van der Waals surface area contributed by atoms with E-state index >= 15 is 0 Å². The van der Waals surface area contributed by atoms with E-state index in [0.717, 1.165) is 12.8 Å². The van der Waals surface area contributed by atoms with Crippen LogP contribution in [0.5, 0.6) is 0 Å². The van der Waals surface area contributed by atoms with Crippen molar-refractivity contribution in [3.05, 3.63) is 65.1 Å². The summed E-state index contributed by atoms with van der Waals surface area (Å²) in [4.78, 5) is 44.7. The fourth-order valence-electron chi connectivity index (χ4n) is 3.68. The summed E-state index contributed by atoms with van der Waals surface area (Å²) in [6.07, 6.45) is 4.64. The van der Waals surface area contributed by atoms with Gasteiger partial charge in [0.2, 0.25) is 11.7 Å². The highest BCUT2D eigenvalue weighted by Crippen LogP contribution is 2.31. The van der Waals surface area contributed by atoms with Crippen LogP contribution < -0.4 is 11.1 Å². The molecule has 0 spiro atoms. The second-order valence-electron chi connectivity index (χ2n) is 6.95. The van der Waals surface area contributed by atoms with Crippen molar-refractivity contribution in [1.29, 1.82) is 0 Å². The maximum absolute atomic E-state index is 13.1. The minimum atomic E-state index is -0.357. The molecule has 0 saturated carbocycles. The average Bonchev–Trinajstić information content (AvgIpc) is 3.22. The van der Waals surface area contributed by atoms with Gasteiger partial charge in [0.05, 0.1) is 17.7 Å². The number of carbonyl (C=O) groups excluding carboxylic acids is 3. The fraction of sp³-hybridized carbons (Fsp3) is 0.238. The number of ketones is 2. The molecule has 2 aliphatic rings. The van der Waals surface area contributed by atoms with Crippen molar-refractivity contribution in [1.82, 2.24) is 9.88 Å². The Balaban J connectivity index is 1.67. The smallest absolute Gasteiger partial charge is 0.229 e. The molecule has 1 saturated heterocycles. The predicted octanol–water partition coefficient (Wildman–Crippen LogP) is 2.42. The van der Waals surface area contributed by atoms with Gasteiger partial charge in [0.1, 0.15) is 0 Å². The van der Waals surface area contributed by atoms with Crippen molar-refractivity contribution in [3.63, 3.8) is 0 Å². The minimum absolute atomic E-state index is 0.172. The Morgan fingerprint density at radius 3 is 2.46 bits per heavy atom. The van der Waals surface area contributed by atoms with Crippen LogP contribution in [0.4, 0.5) is 11.4 Å². The normalized spacial score (nSPS) is 16.4. The largest absolute Gasteiger partial charge is 0.399 e. The van der Waals surface area contributed by atoms with Crippen molar-refractivity contribution >= 4 is 28.8 Å². The first-order chi connectivity index (χ1) is 13.5. The first-order valence-corrected chi connectivity index (χ1v) is 9.21. The molecule has 0 radical (unpaired) electrons. The number of rotatable bonds is 4. The number of Topliss-reactive ketones (excluding diaryl/α,β-unsaturated/α-hetero) is 2. The van der Waals surface area contributed by atoms with E-state index in [-0.39, 0.29) is 35.0 Å². The molecule has 1 fully saturated rings. The molecule has 1 aliphatic carbocycles. The van der Waals surface area contributed by atoms with Crippen molar-refractivity contribution in [3.8, 4) is 0 Å². The number of carbonyl (C=O) groups is 3. The van der Waals surface area contributed by atoms with Gasteiger partial charge in [-0.2, -0.15) is 0 Å². The van der Waals surface area contributed by atoms with Gasteiger partial charge in [0, 0.05) is 48.0 Å². The standard InChI is InChI=1S/C21H20N4O3/c22-13-3-5-14(6-4-13)24-18(26)11-16-19(25-9-1-2-10-25)21(28)15-7-8-23-12-17(15)20(16)27/h3-8,12H,1-2,9-11,22H2,(H,24,26). The molecule has 1 amide bonds. The molecular formula is C21H20N4O3. The molecule has 4 rings (SSSR count). The van der Waals surface area contributed by atoms with E-state index in [2.05, 4.69) is 10.3 Å². The molecule has 1 aromatic carbocycles. The second-order valence-corrected chi connectivity index (χ2v) is 6.95. The highest BCUT2D eigenvalue weighted by Gasteiger charge is 2.36. The van der Waals surface area contributed by atoms with Gasteiger partial charge in [-0.15, -0.1) is 0 Å². The predicted molar refractivity (Wildman–Crippen MR) is 105 cm³/mol. The van der Waals surface area contributed by atoms with Crippen LogP contribution in [0.1, 0.15) is 40.0 Å². The summed E-state index contributed by atoms with van der Waals surface area (Å²) in [6.45, 7) is 1.41. The van der Waals surface area contributed by atoms with Crippen LogP contribution in [0.3, 0.4) is 0 Å². The SMILES string of the molecule is Nc1ccc(NC(=O)CC2=C(N3CCCC3)C(=O)c3ccncc3C2=O)cc1. The van der Waals surface area contributed by atoms with Crippen LogP contribution in [-0.4, -0.2) is 40.4 Å². The molecule has 0 unspecified atom stereocenters. The van der Waals surface area contributed by atoms with E-state index in [1.54, 1.807) is 30.3 Å². The molecule has 7 nitrogen and oxygen atoms in total. The van der Waals surface area contributed by atoms with Crippen LogP contribution in [0.2, 0.25) is 0 Å². The van der Waals surface area contributed by atoms with E-state index in [9.17, 15) is 14.4 Å². The number of benzene rings is 1. The van der Waals surface area contributed by atoms with Crippen molar-refractivity contribution in [2.75, 3.05) is 24.1 Å². The number of fused-ring (bicyclic) bond motifs is 1. The number of nitrogens with zero attached hydrogens (tertiary/aromatic N) is 2. The monoisotopic (exact) mass is 376 g/mol. The fourth-order valence-corrected chi connectivity index (χ4v) is 3.68. The van der Waals surface area contributed by atoms with E-state index in [0.29, 0.717) is 35.7 Å². The summed E-state index contributed by atoms with van der Waals surface area (Å²) >= 11 is 0. The van der Waals surface area contributed by atoms with Gasteiger partial charge in [-0.3, -0.25) is 19.4 Å². The third-order valence-electron chi connectivity index (χ3n) is 5.04. The van der Waals surface area contributed by atoms with Crippen LogP contribution in [0, 0.1) is 0 Å². The summed E-state index contributed by atoms with van der Waals surface area (Å²) in [5.41, 5.74) is 8.03. The van der Waals surface area contributed by atoms with Crippen molar-refractivity contribution in [2.45, 2.75) is 19.3 Å². The number of pyridine rings is 1. The number of nitrogens with one attached hydrogen (secondary N) is 1. The zero-order valence-electron chi connectivity index (χ0n) is 15.3. The Labute approximate surface area is 162 Å². The Morgan fingerprint density at radius 1 is 1.04 bits per heavy atom. The number of amides is 1. The van der Waals surface area contributed by atoms with Gasteiger partial charge in [-0.1, -0.05) is 0 Å². The lowest BCUT2D eigenvalue weighted by Crippen LogP contribution is -2.34. The van der Waals surface area contributed by atoms with E-state index < -0.39 is 0 Å². The summed E-state index contributed by atoms with van der Waals surface area (Å²) < 4.78 is 0. The topological polar surface area (TPSA) is 105 Å². The molecular weight excluding hydrogens is 356 g/mol. The molecule has 0 atom stereocenters. The lowest BCUT2D eigenvalue weighted by atomic mass is 9.86.